The number of carboxylic acid groups (broad SMARTS) is 1. The van der Waals surface area contributed by atoms with Crippen molar-refractivity contribution in [2.75, 3.05) is 11.9 Å². The summed E-state index contributed by atoms with van der Waals surface area (Å²) in [4.78, 5) is 55.0. The lowest BCUT2D eigenvalue weighted by molar-refractivity contribution is -0.139. The molecule has 15 heteroatoms. The third-order valence-electron chi connectivity index (χ3n) is 6.34. The maximum Gasteiger partial charge on any atom is 0.416 e. The van der Waals surface area contributed by atoms with Crippen LogP contribution in [0.15, 0.2) is 67.1 Å². The van der Waals surface area contributed by atoms with Gasteiger partial charge in [0, 0.05) is 6.20 Å². The second kappa shape index (κ2) is 14.5. The number of anilines is 1. The third-order valence-corrected chi connectivity index (χ3v) is 6.34. The molecular weight excluding hydrogens is 611 g/mol. The maximum absolute atomic E-state index is 13.4. The van der Waals surface area contributed by atoms with E-state index in [9.17, 15) is 37.5 Å². The Kier molecular flexibility index (Phi) is 11.2. The Hall–Kier alpha value is -4.92. The molecule has 0 saturated carbocycles. The number of hydrogen-bond acceptors (Lipinski definition) is 7. The molecule has 248 valence electrons. The molecule has 0 aliphatic carbocycles. The van der Waals surface area contributed by atoms with Crippen LogP contribution in [0.5, 0.6) is 0 Å². The molecule has 2 atom stereocenters. The predicted octanol–water partition coefficient (Wildman–Crippen LogP) is 4.52. The summed E-state index contributed by atoms with van der Waals surface area (Å²) in [6, 6.07) is 9.93. The van der Waals surface area contributed by atoms with Gasteiger partial charge in [0.15, 0.2) is 11.9 Å². The van der Waals surface area contributed by atoms with Crippen molar-refractivity contribution >= 4 is 29.7 Å². The molecule has 0 spiro atoms. The minimum absolute atomic E-state index is 0.0370. The minimum atomic E-state index is -4.60. The lowest BCUT2D eigenvalue weighted by Crippen LogP contribution is -2.59. The maximum atomic E-state index is 13.4. The summed E-state index contributed by atoms with van der Waals surface area (Å²) in [6.07, 6.45) is -3.16. The van der Waals surface area contributed by atoms with Crippen molar-refractivity contribution in [3.05, 3.63) is 83.8 Å². The molecule has 0 radical (unpaired) electrons. The third kappa shape index (κ3) is 10.3. The smallest absolute Gasteiger partial charge is 0.416 e. The van der Waals surface area contributed by atoms with Gasteiger partial charge >= 0.3 is 18.2 Å². The summed E-state index contributed by atoms with van der Waals surface area (Å²) in [6.45, 7) is 7.64. The second-order valence-electron chi connectivity index (χ2n) is 11.8. The molecule has 0 aliphatic heterocycles. The van der Waals surface area contributed by atoms with Gasteiger partial charge in [0.1, 0.15) is 17.2 Å². The fraction of sp³-hybridized carbons (Fsp3) is 0.387. The molecule has 3 aromatic rings. The van der Waals surface area contributed by atoms with Gasteiger partial charge in [-0.3, -0.25) is 9.59 Å². The van der Waals surface area contributed by atoms with Crippen molar-refractivity contribution in [2.45, 2.75) is 70.6 Å². The van der Waals surface area contributed by atoms with Gasteiger partial charge in [0.2, 0.25) is 5.91 Å². The van der Waals surface area contributed by atoms with E-state index < -0.39 is 58.8 Å². The van der Waals surface area contributed by atoms with Crippen molar-refractivity contribution in [3.8, 4) is 0 Å². The Labute approximate surface area is 263 Å². The highest BCUT2D eigenvalue weighted by molar-refractivity contribution is 5.98. The quantitative estimate of drug-likeness (QED) is 0.223. The number of alkyl carbamates (subject to hydrolysis) is 1. The molecule has 4 N–H and O–H groups in total. The van der Waals surface area contributed by atoms with Gasteiger partial charge in [-0.25, -0.2) is 14.6 Å². The van der Waals surface area contributed by atoms with Crippen LogP contribution < -0.4 is 16.0 Å². The SMILES string of the molecule is CC(C)(C)OC(=O)NC(C)(C)C(=O)NC(COCc1ccccc1)C(=O)Nc1cn(C(C(=O)O)c2ccc(C(F)(F)F)cc2)cn1. The zero-order valence-electron chi connectivity index (χ0n) is 25.8. The summed E-state index contributed by atoms with van der Waals surface area (Å²) in [5.74, 6) is -2.99. The van der Waals surface area contributed by atoms with E-state index in [4.69, 9.17) is 9.47 Å². The predicted molar refractivity (Wildman–Crippen MR) is 160 cm³/mol. The Morgan fingerprint density at radius 3 is 2.15 bits per heavy atom. The minimum Gasteiger partial charge on any atom is -0.479 e. The standard InChI is InChI=1S/C31H36F3N5O7/c1-29(2,3)46-28(44)38-30(4,5)27(43)36-22(17-45-16-19-9-7-6-8-10-19)25(40)37-23-15-39(18-35-23)24(26(41)42)20-11-13-21(14-12-20)31(32,33)34/h6-15,18,22,24H,16-17H2,1-5H3,(H,36,43)(H,37,40)(H,38,44)(H,41,42). The van der Waals surface area contributed by atoms with Gasteiger partial charge in [-0.1, -0.05) is 42.5 Å². The normalized spacial score (nSPS) is 13.3. The van der Waals surface area contributed by atoms with Crippen LogP contribution in [0.25, 0.3) is 0 Å². The van der Waals surface area contributed by atoms with Crippen molar-refractivity contribution in [1.29, 1.82) is 0 Å². The van der Waals surface area contributed by atoms with Crippen LogP contribution in [0.4, 0.5) is 23.8 Å². The molecule has 0 aliphatic rings. The summed E-state index contributed by atoms with van der Waals surface area (Å²) < 4.78 is 51.0. The van der Waals surface area contributed by atoms with E-state index in [1.54, 1.807) is 32.9 Å². The van der Waals surface area contributed by atoms with E-state index in [0.717, 1.165) is 40.7 Å². The van der Waals surface area contributed by atoms with Crippen LogP contribution in [-0.4, -0.2) is 62.3 Å². The summed E-state index contributed by atoms with van der Waals surface area (Å²) in [7, 11) is 0. The Morgan fingerprint density at radius 2 is 1.59 bits per heavy atom. The van der Waals surface area contributed by atoms with Crippen LogP contribution in [-0.2, 0) is 36.6 Å². The number of alkyl halides is 3. The molecule has 1 aromatic heterocycles. The van der Waals surface area contributed by atoms with Gasteiger partial charge in [-0.15, -0.1) is 0 Å². The van der Waals surface area contributed by atoms with Crippen LogP contribution >= 0.6 is 0 Å². The number of hydrogen-bond donors (Lipinski definition) is 4. The highest BCUT2D eigenvalue weighted by atomic mass is 19.4. The molecule has 1 heterocycles. The van der Waals surface area contributed by atoms with Gasteiger partial charge in [-0.2, -0.15) is 13.2 Å². The van der Waals surface area contributed by atoms with Crippen LogP contribution in [0, 0.1) is 0 Å². The van der Waals surface area contributed by atoms with Gasteiger partial charge < -0.3 is 35.1 Å². The number of ether oxygens (including phenoxy) is 2. The number of imidazole rings is 1. The monoisotopic (exact) mass is 647 g/mol. The lowest BCUT2D eigenvalue weighted by Gasteiger charge is -2.29. The summed E-state index contributed by atoms with van der Waals surface area (Å²) in [5.41, 5.74) is -2.43. The fourth-order valence-corrected chi connectivity index (χ4v) is 4.06. The number of aromatic nitrogens is 2. The number of carbonyl (C=O) groups is 4. The molecule has 3 amide bonds. The fourth-order valence-electron chi connectivity index (χ4n) is 4.06. The Morgan fingerprint density at radius 1 is 0.957 bits per heavy atom. The second-order valence-corrected chi connectivity index (χ2v) is 11.8. The first kappa shape index (κ1) is 35.6. The Bertz CT molecular complexity index is 1520. The molecule has 12 nitrogen and oxygen atoms in total. The first-order valence-corrected chi connectivity index (χ1v) is 14.0. The zero-order valence-corrected chi connectivity index (χ0v) is 25.8. The van der Waals surface area contributed by atoms with Crippen LogP contribution in [0.1, 0.15) is 57.4 Å². The van der Waals surface area contributed by atoms with E-state index in [2.05, 4.69) is 20.9 Å². The van der Waals surface area contributed by atoms with E-state index in [0.29, 0.717) is 0 Å². The van der Waals surface area contributed by atoms with Crippen molar-refractivity contribution in [1.82, 2.24) is 20.2 Å². The first-order valence-electron chi connectivity index (χ1n) is 14.0. The van der Waals surface area contributed by atoms with Gasteiger partial charge in [0.25, 0.3) is 5.91 Å². The average Bonchev–Trinajstić information content (AvgIpc) is 3.38. The number of benzene rings is 2. The number of rotatable bonds is 12. The molecule has 46 heavy (non-hydrogen) atoms. The van der Waals surface area contributed by atoms with Crippen LogP contribution in [0.2, 0.25) is 0 Å². The van der Waals surface area contributed by atoms with Gasteiger partial charge in [-0.05, 0) is 57.9 Å². The molecule has 0 saturated heterocycles. The molecule has 0 bridgehead atoms. The van der Waals surface area contributed by atoms with Crippen molar-refractivity contribution in [3.63, 3.8) is 0 Å². The number of halogens is 3. The topological polar surface area (TPSA) is 161 Å². The number of carbonyl (C=O) groups excluding carboxylic acids is 3. The average molecular weight is 648 g/mol. The molecule has 3 rings (SSSR count). The molecule has 0 fully saturated rings. The number of aliphatic carboxylic acids is 1. The Balaban J connectivity index is 1.77. The van der Waals surface area contributed by atoms with E-state index in [1.807, 2.05) is 18.2 Å². The van der Waals surface area contributed by atoms with E-state index in [1.165, 1.54) is 20.0 Å². The first-order chi connectivity index (χ1) is 21.4. The molecular formula is C31H36F3N5O7. The summed E-state index contributed by atoms with van der Waals surface area (Å²) in [5, 5.41) is 17.3. The number of amides is 3. The largest absolute Gasteiger partial charge is 0.479 e. The van der Waals surface area contributed by atoms with Gasteiger partial charge in [0.05, 0.1) is 25.1 Å². The van der Waals surface area contributed by atoms with Crippen molar-refractivity contribution < 1.29 is 46.9 Å². The van der Waals surface area contributed by atoms with Crippen molar-refractivity contribution in [2.24, 2.45) is 0 Å². The highest BCUT2D eigenvalue weighted by Gasteiger charge is 2.35. The van der Waals surface area contributed by atoms with Crippen LogP contribution in [0.3, 0.4) is 0 Å². The molecule has 2 unspecified atom stereocenters. The summed E-state index contributed by atoms with van der Waals surface area (Å²) >= 11 is 0. The van der Waals surface area contributed by atoms with E-state index in [-0.39, 0.29) is 24.6 Å². The highest BCUT2D eigenvalue weighted by Crippen LogP contribution is 2.31. The zero-order chi connectivity index (χ0) is 34.3. The number of carboxylic acids is 1. The van der Waals surface area contributed by atoms with E-state index >= 15 is 0 Å². The lowest BCUT2D eigenvalue weighted by atomic mass is 10.0. The number of nitrogens with zero attached hydrogens (tertiary/aromatic N) is 2. The number of nitrogens with one attached hydrogen (secondary N) is 3. The molecule has 2 aromatic carbocycles.